The lowest BCUT2D eigenvalue weighted by atomic mass is 9.92. The van der Waals surface area contributed by atoms with Crippen molar-refractivity contribution < 1.29 is 14.3 Å². The Morgan fingerprint density at radius 1 is 1.37 bits per heavy atom. The molecule has 0 unspecified atom stereocenters. The zero-order valence-corrected chi connectivity index (χ0v) is 11.6. The van der Waals surface area contributed by atoms with Crippen LogP contribution in [0.5, 0.6) is 11.5 Å². The Morgan fingerprint density at radius 3 is 2.58 bits per heavy atom. The molecule has 102 valence electrons. The molecular formula is C14H18N2O3. The molecule has 1 aromatic carbocycles. The third-order valence-electron chi connectivity index (χ3n) is 2.77. The summed E-state index contributed by atoms with van der Waals surface area (Å²) in [6.45, 7) is 3.69. The van der Waals surface area contributed by atoms with Gasteiger partial charge in [-0.25, -0.2) is 0 Å². The highest BCUT2D eigenvalue weighted by Crippen LogP contribution is 2.32. The summed E-state index contributed by atoms with van der Waals surface area (Å²) < 4.78 is 10.5. The second kappa shape index (κ2) is 6.10. The maximum atomic E-state index is 11.6. The number of amides is 1. The number of nitrogens with one attached hydrogen (secondary N) is 1. The summed E-state index contributed by atoms with van der Waals surface area (Å²) in [5, 5.41) is 11.3. The first-order valence-electron chi connectivity index (χ1n) is 5.85. The van der Waals surface area contributed by atoms with Crippen molar-refractivity contribution >= 4 is 5.91 Å². The van der Waals surface area contributed by atoms with Gasteiger partial charge >= 0.3 is 0 Å². The second-order valence-corrected chi connectivity index (χ2v) is 4.57. The Labute approximate surface area is 113 Å². The number of ether oxygens (including phenoxy) is 2. The van der Waals surface area contributed by atoms with Crippen LogP contribution in [0.2, 0.25) is 0 Å². The van der Waals surface area contributed by atoms with E-state index >= 15 is 0 Å². The van der Waals surface area contributed by atoms with Crippen molar-refractivity contribution in [2.75, 3.05) is 14.2 Å². The number of hydrogen-bond donors (Lipinski definition) is 1. The Kier molecular flexibility index (Phi) is 4.76. The molecule has 1 amide bonds. The number of benzene rings is 1. The van der Waals surface area contributed by atoms with Crippen molar-refractivity contribution in [1.82, 2.24) is 5.32 Å². The van der Waals surface area contributed by atoms with Gasteiger partial charge in [0.15, 0.2) is 0 Å². The Balaban J connectivity index is 3.11. The molecule has 0 spiro atoms. The normalized spacial score (nSPS) is 10.5. The van der Waals surface area contributed by atoms with Crippen molar-refractivity contribution in [3.05, 3.63) is 23.8 Å². The standard InChI is InChI=1S/C14H18N2O3/c1-14(2,16-13(17)7-8-15)11-9-10(18-3)5-6-12(11)19-4/h5-6,9H,7H2,1-4H3,(H,16,17). The molecule has 0 bridgehead atoms. The average Bonchev–Trinajstić information content (AvgIpc) is 2.37. The number of carbonyl (C=O) groups excluding carboxylic acids is 1. The molecule has 5 heteroatoms. The minimum absolute atomic E-state index is 0.171. The van der Waals surface area contributed by atoms with Gasteiger partial charge in [-0.15, -0.1) is 0 Å². The molecule has 1 N–H and O–H groups in total. The van der Waals surface area contributed by atoms with Gasteiger partial charge in [0, 0.05) is 5.56 Å². The van der Waals surface area contributed by atoms with Crippen LogP contribution in [0, 0.1) is 11.3 Å². The maximum Gasteiger partial charge on any atom is 0.234 e. The molecule has 0 aliphatic rings. The lowest BCUT2D eigenvalue weighted by Gasteiger charge is -2.28. The Morgan fingerprint density at radius 2 is 2.05 bits per heavy atom. The number of carbonyl (C=O) groups is 1. The fraction of sp³-hybridized carbons (Fsp3) is 0.429. The van der Waals surface area contributed by atoms with Gasteiger partial charge in [-0.2, -0.15) is 5.26 Å². The highest BCUT2D eigenvalue weighted by atomic mass is 16.5. The van der Waals surface area contributed by atoms with E-state index < -0.39 is 5.54 Å². The second-order valence-electron chi connectivity index (χ2n) is 4.57. The van der Waals surface area contributed by atoms with Gasteiger partial charge in [0.25, 0.3) is 0 Å². The predicted octanol–water partition coefficient (Wildman–Crippen LogP) is 1.97. The van der Waals surface area contributed by atoms with Crippen LogP contribution >= 0.6 is 0 Å². The molecule has 0 fully saturated rings. The zero-order valence-electron chi connectivity index (χ0n) is 11.6. The molecule has 5 nitrogen and oxygen atoms in total. The molecular weight excluding hydrogens is 244 g/mol. The van der Waals surface area contributed by atoms with E-state index in [0.29, 0.717) is 11.5 Å². The topological polar surface area (TPSA) is 71.3 Å². The number of methoxy groups -OCH3 is 2. The van der Waals surface area contributed by atoms with Crippen LogP contribution in [0.25, 0.3) is 0 Å². The quantitative estimate of drug-likeness (QED) is 0.880. The first kappa shape index (κ1) is 14.8. The number of nitriles is 1. The summed E-state index contributed by atoms with van der Waals surface area (Å²) in [6.07, 6.45) is -0.171. The van der Waals surface area contributed by atoms with Gasteiger partial charge < -0.3 is 14.8 Å². The van der Waals surface area contributed by atoms with E-state index in [4.69, 9.17) is 14.7 Å². The van der Waals surface area contributed by atoms with Gasteiger partial charge in [0.2, 0.25) is 5.91 Å². The number of rotatable bonds is 5. The minimum atomic E-state index is -0.659. The van der Waals surface area contributed by atoms with E-state index in [1.54, 1.807) is 26.4 Å². The molecule has 19 heavy (non-hydrogen) atoms. The van der Waals surface area contributed by atoms with E-state index in [1.165, 1.54) is 0 Å². The van der Waals surface area contributed by atoms with E-state index in [1.807, 2.05) is 26.0 Å². The maximum absolute atomic E-state index is 11.6. The third-order valence-corrected chi connectivity index (χ3v) is 2.77. The lowest BCUT2D eigenvalue weighted by Crippen LogP contribution is -2.41. The first-order chi connectivity index (χ1) is 8.94. The van der Waals surface area contributed by atoms with Crippen molar-refractivity contribution in [3.63, 3.8) is 0 Å². The minimum Gasteiger partial charge on any atom is -0.497 e. The largest absolute Gasteiger partial charge is 0.497 e. The van der Waals surface area contributed by atoms with E-state index in [2.05, 4.69) is 5.32 Å². The zero-order chi connectivity index (χ0) is 14.5. The molecule has 0 atom stereocenters. The smallest absolute Gasteiger partial charge is 0.234 e. The molecule has 0 aliphatic carbocycles. The van der Waals surface area contributed by atoms with Crippen LogP contribution < -0.4 is 14.8 Å². The average molecular weight is 262 g/mol. The van der Waals surface area contributed by atoms with Gasteiger partial charge in [-0.3, -0.25) is 4.79 Å². The van der Waals surface area contributed by atoms with Crippen molar-refractivity contribution in [2.24, 2.45) is 0 Å². The van der Waals surface area contributed by atoms with Gasteiger partial charge in [-0.1, -0.05) is 0 Å². The highest BCUT2D eigenvalue weighted by Gasteiger charge is 2.26. The Hall–Kier alpha value is -2.22. The van der Waals surface area contributed by atoms with Crippen molar-refractivity contribution in [2.45, 2.75) is 25.8 Å². The fourth-order valence-electron chi connectivity index (χ4n) is 1.83. The predicted molar refractivity (Wildman–Crippen MR) is 70.9 cm³/mol. The van der Waals surface area contributed by atoms with Gasteiger partial charge in [0.05, 0.1) is 25.8 Å². The molecule has 0 saturated carbocycles. The van der Waals surface area contributed by atoms with E-state index in [0.717, 1.165) is 5.56 Å². The Bertz CT molecular complexity index is 504. The lowest BCUT2D eigenvalue weighted by molar-refractivity contribution is -0.121. The molecule has 1 aromatic rings. The summed E-state index contributed by atoms with van der Waals surface area (Å²) in [6, 6.07) is 7.21. The van der Waals surface area contributed by atoms with Crippen LogP contribution in [-0.2, 0) is 10.3 Å². The summed E-state index contributed by atoms with van der Waals surface area (Å²) in [7, 11) is 3.14. The van der Waals surface area contributed by atoms with Crippen LogP contribution in [-0.4, -0.2) is 20.1 Å². The molecule has 0 radical (unpaired) electrons. The molecule has 1 rings (SSSR count). The van der Waals surface area contributed by atoms with E-state index in [-0.39, 0.29) is 12.3 Å². The SMILES string of the molecule is COc1ccc(OC)c(C(C)(C)NC(=O)CC#N)c1. The third kappa shape index (κ3) is 3.62. The van der Waals surface area contributed by atoms with Gasteiger partial charge in [0.1, 0.15) is 17.9 Å². The van der Waals surface area contributed by atoms with Crippen molar-refractivity contribution in [3.8, 4) is 17.6 Å². The summed E-state index contributed by atoms with van der Waals surface area (Å²) in [5.74, 6) is 1.01. The molecule has 0 heterocycles. The van der Waals surface area contributed by atoms with E-state index in [9.17, 15) is 4.79 Å². The summed E-state index contributed by atoms with van der Waals surface area (Å²) in [5.41, 5.74) is 0.133. The summed E-state index contributed by atoms with van der Waals surface area (Å²) >= 11 is 0. The van der Waals surface area contributed by atoms with Crippen LogP contribution in [0.1, 0.15) is 25.8 Å². The summed E-state index contributed by atoms with van der Waals surface area (Å²) in [4.78, 5) is 11.6. The molecule has 0 saturated heterocycles. The van der Waals surface area contributed by atoms with Crippen molar-refractivity contribution in [1.29, 1.82) is 5.26 Å². The first-order valence-corrected chi connectivity index (χ1v) is 5.85. The van der Waals surface area contributed by atoms with Gasteiger partial charge in [-0.05, 0) is 32.0 Å². The fourth-order valence-corrected chi connectivity index (χ4v) is 1.83. The van der Waals surface area contributed by atoms with Crippen LogP contribution in [0.4, 0.5) is 0 Å². The number of nitrogens with zero attached hydrogens (tertiary/aromatic N) is 1. The van der Waals surface area contributed by atoms with Crippen LogP contribution in [0.15, 0.2) is 18.2 Å². The monoisotopic (exact) mass is 262 g/mol. The molecule has 0 aromatic heterocycles. The van der Waals surface area contributed by atoms with Crippen LogP contribution in [0.3, 0.4) is 0 Å². The number of hydrogen-bond acceptors (Lipinski definition) is 4. The molecule has 0 aliphatic heterocycles. The highest BCUT2D eigenvalue weighted by molar-refractivity contribution is 5.79.